The van der Waals surface area contributed by atoms with E-state index in [4.69, 9.17) is 33.7 Å². The SMILES string of the molecule is CSC1=[N+](c2ccc(NC(=O)C(Cc3cccc(CNC(=O)OC(C)(C)C)c3)c3ccccc3)cc2Cl)CCC1.NCc1cccc(CC(C(=O)Nc2ccc(N3CCC/C3=N/O)c(Cl)c2)c2ccccc2)c1.[I-]. The van der Waals surface area contributed by atoms with E-state index in [2.05, 4.69) is 31.9 Å². The van der Waals surface area contributed by atoms with Crippen LogP contribution in [0, 0.1) is 0 Å². The van der Waals surface area contributed by atoms with Gasteiger partial charge in [-0.05, 0) is 110 Å². The highest BCUT2D eigenvalue weighted by Crippen LogP contribution is 2.35. The topological polar surface area (TPSA) is 161 Å². The Bertz CT molecular complexity index is 2940. The summed E-state index contributed by atoms with van der Waals surface area (Å²) in [6.45, 7) is 7.98. The largest absolute Gasteiger partial charge is 1.00 e. The lowest BCUT2D eigenvalue weighted by Crippen LogP contribution is -3.00. The first kappa shape index (κ1) is 57.4. The van der Waals surface area contributed by atoms with Crippen LogP contribution in [-0.4, -0.2) is 63.5 Å². The lowest BCUT2D eigenvalue weighted by Gasteiger charge is -2.21. The highest BCUT2D eigenvalue weighted by atomic mass is 127. The van der Waals surface area contributed by atoms with Crippen LogP contribution in [0.25, 0.3) is 0 Å². The van der Waals surface area contributed by atoms with Gasteiger partial charge < -0.3 is 60.5 Å². The third-order valence-corrected chi connectivity index (χ3v) is 14.0. The number of benzene rings is 6. The second-order valence-corrected chi connectivity index (χ2v) is 20.7. The summed E-state index contributed by atoms with van der Waals surface area (Å²) in [6, 6.07) is 46.6. The van der Waals surface area contributed by atoms with E-state index in [0.717, 1.165) is 77.1 Å². The van der Waals surface area contributed by atoms with Crippen LogP contribution in [0.15, 0.2) is 151 Å². The average molecular weight is 1170 g/mol. The summed E-state index contributed by atoms with van der Waals surface area (Å²) in [5, 5.41) is 23.9. The van der Waals surface area contributed by atoms with Crippen LogP contribution in [0.3, 0.4) is 0 Å². The lowest BCUT2D eigenvalue weighted by atomic mass is 9.90. The Labute approximate surface area is 466 Å². The van der Waals surface area contributed by atoms with Crippen molar-refractivity contribution in [3.8, 4) is 0 Å². The van der Waals surface area contributed by atoms with Crippen LogP contribution < -0.4 is 50.6 Å². The Morgan fingerprint density at radius 1 is 0.730 bits per heavy atom. The number of alkyl carbamates (subject to hydrolysis) is 1. The molecule has 2 unspecified atom stereocenters. The number of ether oxygens (including phenoxy) is 1. The Morgan fingerprint density at radius 2 is 1.28 bits per heavy atom. The first-order valence-electron chi connectivity index (χ1n) is 24.5. The number of oxime groups is 1. The number of thioether (sulfide) groups is 1. The summed E-state index contributed by atoms with van der Waals surface area (Å²) in [4.78, 5) is 41.0. The lowest BCUT2D eigenvalue weighted by molar-refractivity contribution is -0.428. The summed E-state index contributed by atoms with van der Waals surface area (Å²) in [6.07, 6.45) is 6.47. The molecule has 6 aromatic rings. The number of nitrogens with two attached hydrogens (primary N) is 1. The molecule has 0 bridgehead atoms. The van der Waals surface area contributed by atoms with Gasteiger partial charge >= 0.3 is 6.09 Å². The second-order valence-electron chi connectivity index (χ2n) is 19.0. The van der Waals surface area contributed by atoms with Gasteiger partial charge in [-0.1, -0.05) is 149 Å². The predicted molar refractivity (Wildman–Crippen MR) is 298 cm³/mol. The van der Waals surface area contributed by atoms with E-state index in [1.165, 1.54) is 5.04 Å². The van der Waals surface area contributed by atoms with Crippen molar-refractivity contribution < 1.29 is 52.9 Å². The standard InChI is InChI=1S/C32H36ClN3O3S.C26H27ClN4O2.HI/c1-32(2,3)39-31(38)34-21-23-11-8-10-22(18-23)19-26(24-12-6-5-7-13-24)30(37)35-25-15-16-28(27(33)20-25)36-17-9-14-29(36)40-4;27-23-16-21(11-12-24(23)31-13-5-10-25(31)30-33)29-26(32)22(20-8-2-1-3-9-20)15-18-6-4-7-19(14-18)17-28;/h5-8,10-13,15-16,18,20,26H,9,14,17,19,21H2,1-4H3,(H-,34,35,37,38);1-4,6-9,11-12,14,16,22,33H,5,10,13,15,17,28H2,(H,29,32);1H/b;30-25-;. The minimum atomic E-state index is -0.559. The van der Waals surface area contributed by atoms with Crippen molar-refractivity contribution in [2.45, 2.75) is 89.8 Å². The highest BCUT2D eigenvalue weighted by molar-refractivity contribution is 8.13. The number of nitrogens with one attached hydrogen (secondary N) is 3. The van der Waals surface area contributed by atoms with E-state index in [9.17, 15) is 19.6 Å². The van der Waals surface area contributed by atoms with Crippen molar-refractivity contribution in [1.29, 1.82) is 0 Å². The molecule has 388 valence electrons. The minimum absolute atomic E-state index is 0. The first-order valence-corrected chi connectivity index (χ1v) is 26.5. The van der Waals surface area contributed by atoms with Gasteiger partial charge in [0.25, 0.3) is 0 Å². The zero-order chi connectivity index (χ0) is 51.9. The Kier molecular flexibility index (Phi) is 21.4. The monoisotopic (exact) mass is 1170 g/mol. The fraction of sp³-hybridized carbons (Fsp3) is 0.293. The van der Waals surface area contributed by atoms with E-state index in [-0.39, 0.29) is 41.7 Å². The zero-order valence-electron chi connectivity index (χ0n) is 42.1. The van der Waals surface area contributed by atoms with Gasteiger partial charge in [-0.3, -0.25) is 9.59 Å². The normalized spacial score (nSPS) is 14.6. The van der Waals surface area contributed by atoms with Crippen molar-refractivity contribution in [2.75, 3.05) is 34.9 Å². The predicted octanol–water partition coefficient (Wildman–Crippen LogP) is 9.68. The van der Waals surface area contributed by atoms with Crippen LogP contribution >= 0.6 is 35.0 Å². The molecule has 2 aliphatic heterocycles. The molecule has 3 amide bonds. The Morgan fingerprint density at radius 3 is 1.82 bits per heavy atom. The number of hydrogen-bond acceptors (Lipinski definition) is 8. The number of nitrogens with zero attached hydrogens (tertiary/aromatic N) is 3. The fourth-order valence-electron chi connectivity index (χ4n) is 9.01. The maximum Gasteiger partial charge on any atom is 0.407 e. The van der Waals surface area contributed by atoms with Crippen molar-refractivity contribution >= 4 is 86.5 Å². The number of anilines is 3. The van der Waals surface area contributed by atoms with Crippen LogP contribution in [0.1, 0.15) is 91.7 Å². The molecule has 0 aliphatic carbocycles. The van der Waals surface area contributed by atoms with Gasteiger partial charge in [0, 0.05) is 56.3 Å². The van der Waals surface area contributed by atoms with E-state index in [1.807, 2.05) is 165 Å². The summed E-state index contributed by atoms with van der Waals surface area (Å²) in [5.41, 5.74) is 14.1. The van der Waals surface area contributed by atoms with Crippen LogP contribution in [-0.2, 0) is 40.3 Å². The number of carbonyl (C=O) groups is 3. The second kappa shape index (κ2) is 27.6. The summed E-state index contributed by atoms with van der Waals surface area (Å²) >= 11 is 15.0. The van der Waals surface area contributed by atoms with E-state index < -0.39 is 17.6 Å². The number of hydrogen-bond donors (Lipinski definition) is 5. The maximum absolute atomic E-state index is 13.7. The van der Waals surface area contributed by atoms with Gasteiger partial charge in [0.05, 0.1) is 22.5 Å². The van der Waals surface area contributed by atoms with Crippen LogP contribution in [0.5, 0.6) is 0 Å². The molecule has 0 aromatic heterocycles. The van der Waals surface area contributed by atoms with E-state index >= 15 is 0 Å². The summed E-state index contributed by atoms with van der Waals surface area (Å²) in [7, 11) is 0. The van der Waals surface area contributed by atoms with Gasteiger partial charge in [0.1, 0.15) is 23.0 Å². The molecule has 0 saturated carbocycles. The Balaban J connectivity index is 0.000000242. The highest BCUT2D eigenvalue weighted by Gasteiger charge is 2.28. The number of amides is 3. The number of halogens is 3. The third kappa shape index (κ3) is 16.0. The third-order valence-electron chi connectivity index (χ3n) is 12.5. The van der Waals surface area contributed by atoms with Crippen molar-refractivity contribution in [1.82, 2.24) is 5.32 Å². The molecule has 6 N–H and O–H groups in total. The smallest absolute Gasteiger partial charge is 0.407 e. The summed E-state index contributed by atoms with van der Waals surface area (Å²) < 4.78 is 7.60. The van der Waals surface area contributed by atoms with Gasteiger partial charge in [-0.25, -0.2) is 4.79 Å². The number of rotatable bonds is 15. The minimum Gasteiger partial charge on any atom is -1.00 e. The van der Waals surface area contributed by atoms with Crippen LogP contribution in [0.2, 0.25) is 10.0 Å². The molecule has 8 rings (SSSR count). The molecule has 0 radical (unpaired) electrons. The molecule has 2 atom stereocenters. The van der Waals surface area contributed by atoms with Gasteiger partial charge in [-0.15, -0.1) is 0 Å². The van der Waals surface area contributed by atoms with Gasteiger partial charge in [0.2, 0.25) is 22.5 Å². The van der Waals surface area contributed by atoms with Crippen LogP contribution in [0.4, 0.5) is 27.5 Å². The average Bonchev–Trinajstić information content (AvgIpc) is 4.07. The quantitative estimate of drug-likeness (QED) is 0.0294. The molecule has 1 fully saturated rings. The van der Waals surface area contributed by atoms with E-state index in [1.54, 1.807) is 17.8 Å². The van der Waals surface area contributed by atoms with Crippen molar-refractivity contribution in [3.05, 3.63) is 189 Å². The maximum atomic E-state index is 13.7. The zero-order valence-corrected chi connectivity index (χ0v) is 46.6. The van der Waals surface area contributed by atoms with Gasteiger partial charge in [-0.2, -0.15) is 4.58 Å². The van der Waals surface area contributed by atoms with Crippen molar-refractivity contribution in [2.24, 2.45) is 10.9 Å². The molecule has 0 spiro atoms. The molecular formula is C58H64Cl2IN7O5S. The molecule has 74 heavy (non-hydrogen) atoms. The van der Waals surface area contributed by atoms with Crippen molar-refractivity contribution in [3.63, 3.8) is 0 Å². The number of carbonyl (C=O) groups excluding carboxylic acids is 3. The molecule has 12 nitrogen and oxygen atoms in total. The molecule has 16 heteroatoms. The van der Waals surface area contributed by atoms with E-state index in [0.29, 0.717) is 59.6 Å². The molecule has 2 aliphatic rings. The molecule has 2 heterocycles. The van der Waals surface area contributed by atoms with Gasteiger partial charge in [0.15, 0.2) is 0 Å². The molecule has 1 saturated heterocycles. The Hall–Kier alpha value is -5.91. The summed E-state index contributed by atoms with van der Waals surface area (Å²) in [5.74, 6) is -0.405. The molecular weight excluding hydrogens is 1100 g/mol. The number of amidine groups is 1. The first-order chi connectivity index (χ1) is 35.2. The molecule has 6 aromatic carbocycles. The fourth-order valence-corrected chi connectivity index (χ4v) is 10.3.